The second-order valence-electron chi connectivity index (χ2n) is 4.09. The zero-order chi connectivity index (χ0) is 13.0. The molecule has 0 saturated carbocycles. The molecule has 1 aliphatic heterocycles. The van der Waals surface area contributed by atoms with Gasteiger partial charge < -0.3 is 4.90 Å². The van der Waals surface area contributed by atoms with Crippen LogP contribution in [0.2, 0.25) is 5.02 Å². The molecule has 2 N–H and O–H groups in total. The highest BCUT2D eigenvalue weighted by Gasteiger charge is 2.18. The van der Waals surface area contributed by atoms with Gasteiger partial charge in [-0.15, -0.1) is 0 Å². The van der Waals surface area contributed by atoms with Crippen LogP contribution in [0.25, 0.3) is 0 Å². The van der Waals surface area contributed by atoms with Crippen molar-refractivity contribution >= 4 is 23.5 Å². The number of amides is 3. The summed E-state index contributed by atoms with van der Waals surface area (Å²) in [7, 11) is 0. The number of halogens is 1. The number of urea groups is 1. The lowest BCUT2D eigenvalue weighted by atomic mass is 10.2. The topological polar surface area (TPSA) is 61.4 Å². The molecule has 1 aromatic carbocycles. The maximum atomic E-state index is 11.7. The fourth-order valence-electron chi connectivity index (χ4n) is 1.78. The van der Waals surface area contributed by atoms with E-state index >= 15 is 0 Å². The molecule has 1 saturated heterocycles. The van der Waals surface area contributed by atoms with Crippen LogP contribution in [0, 0.1) is 0 Å². The lowest BCUT2D eigenvalue weighted by molar-refractivity contribution is 0.0931. The molecule has 0 aromatic heterocycles. The molecule has 6 heteroatoms. The Morgan fingerprint density at radius 2 is 1.67 bits per heavy atom. The van der Waals surface area contributed by atoms with E-state index in [9.17, 15) is 9.59 Å². The molecule has 18 heavy (non-hydrogen) atoms. The number of likely N-dealkylation sites (tertiary alicyclic amines) is 1. The molecule has 1 heterocycles. The van der Waals surface area contributed by atoms with Crippen LogP contribution in [0.15, 0.2) is 24.3 Å². The summed E-state index contributed by atoms with van der Waals surface area (Å²) in [5, 5.41) is 0.563. The van der Waals surface area contributed by atoms with Crippen molar-refractivity contribution in [2.75, 3.05) is 13.1 Å². The minimum absolute atomic E-state index is 0.269. The number of carbonyl (C=O) groups excluding carboxylic acids is 2. The van der Waals surface area contributed by atoms with Crippen molar-refractivity contribution in [3.63, 3.8) is 0 Å². The van der Waals surface area contributed by atoms with Crippen LogP contribution in [0.1, 0.15) is 23.2 Å². The predicted octanol–water partition coefficient (Wildman–Crippen LogP) is 1.79. The van der Waals surface area contributed by atoms with Gasteiger partial charge in [0, 0.05) is 23.7 Å². The van der Waals surface area contributed by atoms with Crippen LogP contribution < -0.4 is 10.9 Å². The first kappa shape index (κ1) is 12.7. The molecule has 1 fully saturated rings. The van der Waals surface area contributed by atoms with Crippen molar-refractivity contribution in [3.05, 3.63) is 34.9 Å². The van der Waals surface area contributed by atoms with Gasteiger partial charge in [0.2, 0.25) is 0 Å². The summed E-state index contributed by atoms with van der Waals surface area (Å²) in [6.45, 7) is 1.48. The summed E-state index contributed by atoms with van der Waals surface area (Å²) in [6, 6.07) is 6.17. The molecule has 2 rings (SSSR count). The van der Waals surface area contributed by atoms with Crippen LogP contribution in [-0.2, 0) is 0 Å². The van der Waals surface area contributed by atoms with Gasteiger partial charge in [0.05, 0.1) is 0 Å². The minimum atomic E-state index is -0.362. The molecule has 0 aliphatic carbocycles. The Balaban J connectivity index is 1.84. The van der Waals surface area contributed by atoms with Gasteiger partial charge in [-0.25, -0.2) is 10.2 Å². The molecule has 3 amide bonds. The van der Waals surface area contributed by atoms with E-state index in [0.29, 0.717) is 10.6 Å². The van der Waals surface area contributed by atoms with Gasteiger partial charge in [0.25, 0.3) is 5.91 Å². The van der Waals surface area contributed by atoms with E-state index in [1.54, 1.807) is 29.2 Å². The summed E-state index contributed by atoms with van der Waals surface area (Å²) in [6.07, 6.45) is 2.02. The highest BCUT2D eigenvalue weighted by Crippen LogP contribution is 2.09. The smallest absolute Gasteiger partial charge is 0.323 e. The third-order valence-electron chi connectivity index (χ3n) is 2.78. The second-order valence-corrected chi connectivity index (χ2v) is 4.52. The fraction of sp³-hybridized carbons (Fsp3) is 0.333. The van der Waals surface area contributed by atoms with Gasteiger partial charge >= 0.3 is 6.03 Å². The summed E-state index contributed by atoms with van der Waals surface area (Å²) in [5.74, 6) is -0.362. The SMILES string of the molecule is O=C(NNC(=O)N1CCCC1)c1ccc(Cl)cc1. The van der Waals surface area contributed by atoms with Crippen LogP contribution in [-0.4, -0.2) is 29.9 Å². The van der Waals surface area contributed by atoms with Crippen LogP contribution in [0.3, 0.4) is 0 Å². The lowest BCUT2D eigenvalue weighted by Gasteiger charge is -2.16. The van der Waals surface area contributed by atoms with Crippen LogP contribution in [0.5, 0.6) is 0 Å². The van der Waals surface area contributed by atoms with E-state index in [-0.39, 0.29) is 11.9 Å². The Labute approximate surface area is 110 Å². The first-order valence-electron chi connectivity index (χ1n) is 5.77. The molecule has 0 atom stereocenters. The maximum absolute atomic E-state index is 11.7. The van der Waals surface area contributed by atoms with E-state index in [1.807, 2.05) is 0 Å². The Bertz CT molecular complexity index is 441. The fourth-order valence-corrected chi connectivity index (χ4v) is 1.91. The van der Waals surface area contributed by atoms with Crippen molar-refractivity contribution in [1.82, 2.24) is 15.8 Å². The molecular formula is C12H14ClN3O2. The Kier molecular flexibility index (Phi) is 4.04. The molecule has 0 spiro atoms. The average molecular weight is 268 g/mol. The standard InChI is InChI=1S/C12H14ClN3O2/c13-10-5-3-9(4-6-10)11(17)14-15-12(18)16-7-1-2-8-16/h3-6H,1-2,7-8H2,(H,14,17)(H,15,18). The van der Waals surface area contributed by atoms with Crippen molar-refractivity contribution in [1.29, 1.82) is 0 Å². The van der Waals surface area contributed by atoms with E-state index in [2.05, 4.69) is 10.9 Å². The number of hydrogen-bond acceptors (Lipinski definition) is 2. The van der Waals surface area contributed by atoms with Crippen molar-refractivity contribution in [2.24, 2.45) is 0 Å². The third kappa shape index (κ3) is 3.13. The quantitative estimate of drug-likeness (QED) is 0.762. The van der Waals surface area contributed by atoms with Crippen molar-refractivity contribution in [3.8, 4) is 0 Å². The molecule has 0 radical (unpaired) electrons. The van der Waals surface area contributed by atoms with Gasteiger partial charge in [-0.3, -0.25) is 10.2 Å². The van der Waals surface area contributed by atoms with E-state index in [0.717, 1.165) is 25.9 Å². The summed E-state index contributed by atoms with van der Waals surface area (Å²) >= 11 is 5.72. The number of carbonyl (C=O) groups is 2. The number of nitrogens with one attached hydrogen (secondary N) is 2. The molecule has 1 aliphatic rings. The van der Waals surface area contributed by atoms with E-state index < -0.39 is 0 Å². The largest absolute Gasteiger partial charge is 0.336 e. The second kappa shape index (κ2) is 5.73. The highest BCUT2D eigenvalue weighted by atomic mass is 35.5. The molecule has 1 aromatic rings. The summed E-state index contributed by atoms with van der Waals surface area (Å²) < 4.78 is 0. The average Bonchev–Trinajstić information content (AvgIpc) is 2.90. The number of hydrazine groups is 1. The molecule has 0 unspecified atom stereocenters. The molecule has 96 valence electrons. The zero-order valence-electron chi connectivity index (χ0n) is 9.78. The maximum Gasteiger partial charge on any atom is 0.336 e. The monoisotopic (exact) mass is 267 g/mol. The zero-order valence-corrected chi connectivity index (χ0v) is 10.5. The lowest BCUT2D eigenvalue weighted by Crippen LogP contribution is -2.47. The molecule has 0 bridgehead atoms. The Morgan fingerprint density at radius 3 is 2.28 bits per heavy atom. The normalized spacial score (nSPS) is 14.4. The third-order valence-corrected chi connectivity index (χ3v) is 3.03. The van der Waals surface area contributed by atoms with Gasteiger partial charge in [-0.1, -0.05) is 11.6 Å². The highest BCUT2D eigenvalue weighted by molar-refractivity contribution is 6.30. The predicted molar refractivity (Wildman–Crippen MR) is 68.3 cm³/mol. The number of hydrogen-bond donors (Lipinski definition) is 2. The first-order valence-corrected chi connectivity index (χ1v) is 6.15. The van der Waals surface area contributed by atoms with E-state index in [1.165, 1.54) is 0 Å². The molecular weight excluding hydrogens is 254 g/mol. The van der Waals surface area contributed by atoms with Gasteiger partial charge in [0.1, 0.15) is 0 Å². The molecule has 5 nitrogen and oxygen atoms in total. The van der Waals surface area contributed by atoms with E-state index in [4.69, 9.17) is 11.6 Å². The number of benzene rings is 1. The summed E-state index contributed by atoms with van der Waals surface area (Å²) in [4.78, 5) is 25.0. The first-order chi connectivity index (χ1) is 8.66. The van der Waals surface area contributed by atoms with Gasteiger partial charge in [-0.2, -0.15) is 0 Å². The number of nitrogens with zero attached hydrogens (tertiary/aromatic N) is 1. The van der Waals surface area contributed by atoms with Crippen molar-refractivity contribution < 1.29 is 9.59 Å². The Hall–Kier alpha value is -1.75. The van der Waals surface area contributed by atoms with Crippen LogP contribution >= 0.6 is 11.6 Å². The van der Waals surface area contributed by atoms with Gasteiger partial charge in [-0.05, 0) is 37.1 Å². The summed E-state index contributed by atoms with van der Waals surface area (Å²) in [5.41, 5.74) is 5.21. The Morgan fingerprint density at radius 1 is 1.06 bits per heavy atom. The minimum Gasteiger partial charge on any atom is -0.323 e. The van der Waals surface area contributed by atoms with Crippen molar-refractivity contribution in [2.45, 2.75) is 12.8 Å². The van der Waals surface area contributed by atoms with Crippen LogP contribution in [0.4, 0.5) is 4.79 Å². The number of rotatable bonds is 1. The van der Waals surface area contributed by atoms with Gasteiger partial charge in [0.15, 0.2) is 0 Å².